The monoisotopic (exact) mass is 2740 g/mol. The molecule has 5 radical (unpaired) electrons. The van der Waals surface area contributed by atoms with Crippen LogP contribution in [-0.4, -0.2) is 50.8 Å². The molecule has 142 heavy (non-hydrogen) atoms. The van der Waals surface area contributed by atoms with Crippen molar-refractivity contribution in [3.05, 3.63) is 569 Å². The summed E-state index contributed by atoms with van der Waals surface area (Å²) in [6.45, 7) is 11.0. The van der Waals surface area contributed by atoms with Crippen LogP contribution in [0.3, 0.4) is 0 Å². The van der Waals surface area contributed by atoms with E-state index in [1.54, 1.807) is 30.9 Å². The van der Waals surface area contributed by atoms with Gasteiger partial charge >= 0.3 is 0 Å². The van der Waals surface area contributed by atoms with E-state index in [0.717, 1.165) is 101 Å². The summed E-state index contributed by atoms with van der Waals surface area (Å²) in [4.78, 5) is 45.0. The Balaban J connectivity index is 0.000000204. The Kier molecular flexibility index (Phi) is 46.2. The summed E-state index contributed by atoms with van der Waals surface area (Å²) in [5, 5.41) is 8.36. The molecule has 713 valence electrons. The molecule has 0 aliphatic rings. The van der Waals surface area contributed by atoms with Crippen LogP contribution in [0.5, 0.6) is 0 Å². The average Bonchev–Trinajstić information content (AvgIpc) is 0.766. The number of hydrogen-bond acceptors (Lipinski definition) is 10. The largest absolute Gasteiger partial charge is 0.512 e. The van der Waals surface area contributed by atoms with Crippen LogP contribution in [0.25, 0.3) is 146 Å². The molecule has 1 N–H and O–H groups in total. The smallest absolute Gasteiger partial charge is 0.155 e. The van der Waals surface area contributed by atoms with Gasteiger partial charge in [0.2, 0.25) is 0 Å². The number of hydrogen-bond donors (Lipinski definition) is 1. The molecular weight excluding hydrogens is 2630 g/mol. The molecular formula is C127H100Ir5N8O2-8. The van der Waals surface area contributed by atoms with Gasteiger partial charge < -0.3 is 45.0 Å². The summed E-state index contributed by atoms with van der Waals surface area (Å²) in [7, 11) is 0. The molecule has 0 amide bonds. The van der Waals surface area contributed by atoms with Gasteiger partial charge in [-0.05, 0) is 159 Å². The standard InChI is InChI=1S/3C18H14N.2C17H12N.C12H10N.2C11H8N.C5H8O2.5Ir/c2*1-14-12-18(16-10-6-3-7-11-16)19-13-17(14)15-8-4-2-5-9-15;1-14-6-5-9-16(12-14)18-11-10-17(13-19-18)15-7-3-2-4-8-15;2*1-3-7-14(8-4-1)16-11-12-18-17(13-16)15-9-5-2-6-10-15;1-10-6-2-3-7-11(10)12-8-4-5-9-13-12;2*1-2-6-10(7-3-1)11-8-4-5-9-12-11;1-4(6)3-5(2)7;;;;;/h2*2-10,12-13H,1H3;2-8,10-13H,1H3;2*1-9,11-13H;2-6,8-9H,1H3;2*1-6,8-9H;3,6H,1-2H3;;;;;/q8*-1;;;;;;/i2D,4D,5D,8D,9D;;;;;;;;;;;;;. The van der Waals surface area contributed by atoms with Crippen LogP contribution < -0.4 is 0 Å². The van der Waals surface area contributed by atoms with Gasteiger partial charge in [0.15, 0.2) is 5.78 Å². The van der Waals surface area contributed by atoms with E-state index in [0.29, 0.717) is 5.56 Å². The summed E-state index contributed by atoms with van der Waals surface area (Å²) >= 11 is 0. The predicted molar refractivity (Wildman–Crippen MR) is 561 cm³/mol. The van der Waals surface area contributed by atoms with Gasteiger partial charge in [-0.15, -0.1) is 286 Å². The van der Waals surface area contributed by atoms with E-state index >= 15 is 0 Å². The van der Waals surface area contributed by atoms with Crippen molar-refractivity contribution in [2.75, 3.05) is 0 Å². The van der Waals surface area contributed by atoms with Crippen LogP contribution in [0.15, 0.2) is 498 Å². The van der Waals surface area contributed by atoms with Crippen molar-refractivity contribution in [1.29, 1.82) is 0 Å². The minimum absolute atomic E-state index is 0. The first-order chi connectivity index (χ1) is 69.4. The summed E-state index contributed by atoms with van der Waals surface area (Å²) in [6, 6.07) is 158. The van der Waals surface area contributed by atoms with Crippen molar-refractivity contribution < 1.29 is 117 Å². The Morgan fingerprint density at radius 2 is 0.585 bits per heavy atom. The number of aryl methyl sites for hydroxylation is 4. The van der Waals surface area contributed by atoms with Crippen molar-refractivity contribution in [3.8, 4) is 146 Å². The molecule has 0 aliphatic carbocycles. The van der Waals surface area contributed by atoms with Crippen LogP contribution in [0.2, 0.25) is 0 Å². The van der Waals surface area contributed by atoms with Gasteiger partial charge in [0, 0.05) is 167 Å². The molecule has 10 nitrogen and oxygen atoms in total. The third kappa shape index (κ3) is 36.6. The maximum atomic E-state index is 10.0. The predicted octanol–water partition coefficient (Wildman–Crippen LogP) is 31.0. The zero-order valence-corrected chi connectivity index (χ0v) is 90.5. The number of rotatable bonds is 14. The van der Waals surface area contributed by atoms with Crippen LogP contribution in [-0.2, 0) is 105 Å². The third-order valence-electron chi connectivity index (χ3n) is 20.6. The minimum Gasteiger partial charge on any atom is -0.512 e. The summed E-state index contributed by atoms with van der Waals surface area (Å²) in [5.74, 6) is -0.0625. The van der Waals surface area contributed by atoms with Crippen molar-refractivity contribution in [1.82, 2.24) is 39.9 Å². The Morgan fingerprint density at radius 1 is 0.254 bits per heavy atom. The molecule has 0 saturated heterocycles. The second-order valence-electron chi connectivity index (χ2n) is 30.7. The number of pyridine rings is 8. The molecule has 13 aromatic carbocycles. The summed E-state index contributed by atoms with van der Waals surface area (Å²) in [6.07, 6.45) is 15.7. The van der Waals surface area contributed by atoms with E-state index in [1.807, 2.05) is 347 Å². The number of benzene rings is 13. The van der Waals surface area contributed by atoms with Gasteiger partial charge in [-0.25, -0.2) is 0 Å². The molecule has 8 aromatic heterocycles. The van der Waals surface area contributed by atoms with Gasteiger partial charge in [0.05, 0.1) is 12.6 Å². The fourth-order valence-electron chi connectivity index (χ4n) is 13.8. The maximum absolute atomic E-state index is 10.0. The van der Waals surface area contributed by atoms with E-state index in [-0.39, 0.29) is 142 Å². The molecule has 0 aliphatic heterocycles. The molecule has 8 heterocycles. The van der Waals surface area contributed by atoms with Crippen LogP contribution in [0.1, 0.15) is 43.0 Å². The van der Waals surface area contributed by atoms with Crippen LogP contribution >= 0.6 is 0 Å². The van der Waals surface area contributed by atoms with Crippen molar-refractivity contribution in [3.63, 3.8) is 0 Å². The summed E-state index contributed by atoms with van der Waals surface area (Å²) < 4.78 is 39.4. The number of aliphatic hydroxyl groups is 1. The van der Waals surface area contributed by atoms with E-state index in [4.69, 9.17) is 12.0 Å². The Hall–Kier alpha value is -14.5. The van der Waals surface area contributed by atoms with E-state index in [9.17, 15) is 4.79 Å². The number of aromatic nitrogens is 8. The fraction of sp³-hybridized carbons (Fsp3) is 0.0472. The molecule has 0 spiro atoms. The Bertz CT molecular complexity index is 7100. The van der Waals surface area contributed by atoms with Gasteiger partial charge in [0.1, 0.15) is 0 Å². The number of aliphatic hydroxyl groups excluding tert-OH is 1. The average molecular weight is 2740 g/mol. The van der Waals surface area contributed by atoms with E-state index in [1.165, 1.54) is 75.6 Å². The molecule has 0 unspecified atom stereocenters. The van der Waals surface area contributed by atoms with E-state index in [2.05, 4.69) is 194 Å². The third-order valence-corrected chi connectivity index (χ3v) is 20.6. The van der Waals surface area contributed by atoms with Gasteiger partial charge in [-0.3, -0.25) is 4.79 Å². The SMILES string of the molecule is CC(=O)C=C(C)O.Cc1cc(-c2[c-]cccc2)ncc1-c1ccccc1.Cc1cc[c-]c(-c2ccc(-c3ccccc3)cn2)c1.Cc1ccc[c-]c1-c1ccccn1.[2H]c1c([2H])c([2H])c(-c2cnc(-c3[c-]cccc3)cc2C)c([2H])c1[2H].[Ir].[Ir].[Ir].[Ir].[Ir].[c-]1ccccc1-c1cc(-c2ccccc2)ccn1.[c-]1ccccc1-c1cc(-c2ccccc2)ccn1.[c-]1ccccc1-c1ccccn1.[c-]1ccccc1-c1ccccn1. The zero-order chi connectivity index (χ0) is 99.4. The second kappa shape index (κ2) is 62.5. The molecule has 15 heteroatoms. The first-order valence-electron chi connectivity index (χ1n) is 46.9. The topological polar surface area (TPSA) is 140 Å². The normalized spacial score (nSPS) is 10.4. The number of allylic oxidation sites excluding steroid dienone is 2. The number of nitrogens with zero attached hydrogens (tertiary/aromatic N) is 8. The molecule has 0 atom stereocenters. The fourth-order valence-corrected chi connectivity index (χ4v) is 13.8. The maximum Gasteiger partial charge on any atom is 0.155 e. The summed E-state index contributed by atoms with van der Waals surface area (Å²) in [5.41, 5.74) is 30.3. The molecule has 21 rings (SSSR count). The van der Waals surface area contributed by atoms with Gasteiger partial charge in [-0.2, -0.15) is 0 Å². The number of ketones is 1. The van der Waals surface area contributed by atoms with Gasteiger partial charge in [-0.1, -0.05) is 238 Å². The number of carbonyl (C=O) groups is 1. The van der Waals surface area contributed by atoms with Crippen molar-refractivity contribution in [2.45, 2.75) is 41.5 Å². The first-order valence-corrected chi connectivity index (χ1v) is 44.4. The second-order valence-corrected chi connectivity index (χ2v) is 30.7. The molecule has 0 bridgehead atoms. The van der Waals surface area contributed by atoms with Crippen molar-refractivity contribution in [2.24, 2.45) is 0 Å². The van der Waals surface area contributed by atoms with Gasteiger partial charge in [0.25, 0.3) is 0 Å². The number of carbonyl (C=O) groups excluding carboxylic acids is 1. The van der Waals surface area contributed by atoms with Crippen molar-refractivity contribution >= 4 is 5.78 Å². The molecule has 0 saturated carbocycles. The Labute approximate surface area is 910 Å². The van der Waals surface area contributed by atoms with Crippen LogP contribution in [0, 0.1) is 76.2 Å². The quantitative estimate of drug-likeness (QED) is 0.0635. The van der Waals surface area contributed by atoms with Crippen LogP contribution in [0.4, 0.5) is 0 Å². The molecule has 21 aromatic rings. The first kappa shape index (κ1) is 105. The Morgan fingerprint density at radius 3 is 0.923 bits per heavy atom. The zero-order valence-electron chi connectivity index (χ0n) is 83.5. The van der Waals surface area contributed by atoms with E-state index < -0.39 is 6.04 Å². The minimum atomic E-state index is -0.394. The molecule has 0 fully saturated rings.